The molecule has 0 unspecified atom stereocenters. The van der Waals surface area contributed by atoms with Gasteiger partial charge in [0.1, 0.15) is 4.90 Å². The van der Waals surface area contributed by atoms with Crippen LogP contribution in [0.2, 0.25) is 15.1 Å². The van der Waals surface area contributed by atoms with Gasteiger partial charge in [0.05, 0.1) is 27.5 Å². The number of halogens is 3. The zero-order chi connectivity index (χ0) is 27.7. The molecule has 0 aliphatic rings. The summed E-state index contributed by atoms with van der Waals surface area (Å²) in [6.45, 7) is 1.82. The molecule has 1 amide bonds. The van der Waals surface area contributed by atoms with Crippen LogP contribution in [0.15, 0.2) is 95.9 Å². The number of hydrogen-bond donors (Lipinski definition) is 2. The standard InChI is InChI=1S/C29H20Cl3N3O3S/c1-17-27(23-10-2-3-11-25(23)34-28(17)18-6-4-7-19(30)14-18)29(36)33-21-12-13-24(32)26(16-21)39(37,38)35-22-9-5-8-20(31)15-22/h2-16,35H,1H3,(H,33,36). The maximum absolute atomic E-state index is 13.7. The molecule has 0 fully saturated rings. The van der Waals surface area contributed by atoms with Gasteiger partial charge in [-0.25, -0.2) is 13.4 Å². The van der Waals surface area contributed by atoms with Crippen LogP contribution in [0, 0.1) is 6.92 Å². The van der Waals surface area contributed by atoms with E-state index in [1.54, 1.807) is 30.3 Å². The molecule has 39 heavy (non-hydrogen) atoms. The molecule has 196 valence electrons. The van der Waals surface area contributed by atoms with Gasteiger partial charge in [0.2, 0.25) is 0 Å². The number of aromatic nitrogens is 1. The van der Waals surface area contributed by atoms with E-state index >= 15 is 0 Å². The number of para-hydroxylation sites is 1. The lowest BCUT2D eigenvalue weighted by molar-refractivity contribution is 0.102. The maximum atomic E-state index is 13.7. The monoisotopic (exact) mass is 595 g/mol. The lowest BCUT2D eigenvalue weighted by Gasteiger charge is -2.16. The molecule has 5 rings (SSSR count). The molecule has 0 saturated carbocycles. The molecule has 4 aromatic carbocycles. The predicted octanol–water partition coefficient (Wildman–Crippen LogP) is 8.22. The van der Waals surface area contributed by atoms with Crippen molar-refractivity contribution in [3.63, 3.8) is 0 Å². The SMILES string of the molecule is Cc1c(-c2cccc(Cl)c2)nc2ccccc2c1C(=O)Nc1ccc(Cl)c(S(=O)(=O)Nc2cccc(Cl)c2)c1. The highest BCUT2D eigenvalue weighted by molar-refractivity contribution is 7.92. The van der Waals surface area contributed by atoms with Crippen molar-refractivity contribution < 1.29 is 13.2 Å². The Morgan fingerprint density at radius 2 is 1.51 bits per heavy atom. The second-order valence-corrected chi connectivity index (χ2v) is 11.6. The summed E-state index contributed by atoms with van der Waals surface area (Å²) in [5, 5.41) is 4.41. The molecule has 0 aliphatic heterocycles. The first kappa shape index (κ1) is 27.0. The highest BCUT2D eigenvalue weighted by atomic mass is 35.5. The van der Waals surface area contributed by atoms with E-state index in [1.807, 2.05) is 43.3 Å². The van der Waals surface area contributed by atoms with E-state index < -0.39 is 15.9 Å². The summed E-state index contributed by atoms with van der Waals surface area (Å²) >= 11 is 18.5. The smallest absolute Gasteiger partial charge is 0.263 e. The summed E-state index contributed by atoms with van der Waals surface area (Å²) in [5.74, 6) is -0.428. The summed E-state index contributed by atoms with van der Waals surface area (Å²) < 4.78 is 28.7. The van der Waals surface area contributed by atoms with E-state index in [1.165, 1.54) is 24.3 Å². The third-order valence-electron chi connectivity index (χ3n) is 6.02. The van der Waals surface area contributed by atoms with Gasteiger partial charge in [0.25, 0.3) is 15.9 Å². The summed E-state index contributed by atoms with van der Waals surface area (Å²) in [5.41, 5.74) is 3.61. The first-order valence-electron chi connectivity index (χ1n) is 11.7. The average Bonchev–Trinajstić information content (AvgIpc) is 2.89. The predicted molar refractivity (Wildman–Crippen MR) is 159 cm³/mol. The number of fused-ring (bicyclic) bond motifs is 1. The Kier molecular flexibility index (Phi) is 7.51. The van der Waals surface area contributed by atoms with Crippen LogP contribution in [-0.2, 0) is 10.0 Å². The lowest BCUT2D eigenvalue weighted by atomic mass is 9.97. The van der Waals surface area contributed by atoms with E-state index in [0.29, 0.717) is 37.8 Å². The number of amides is 1. The molecular weight excluding hydrogens is 577 g/mol. The van der Waals surface area contributed by atoms with E-state index in [2.05, 4.69) is 10.0 Å². The Hall–Kier alpha value is -3.62. The molecule has 0 saturated heterocycles. The molecular formula is C29H20Cl3N3O3S. The molecule has 0 radical (unpaired) electrons. The number of anilines is 2. The number of benzene rings is 4. The zero-order valence-corrected chi connectivity index (χ0v) is 23.5. The largest absolute Gasteiger partial charge is 0.322 e. The number of nitrogens with zero attached hydrogens (tertiary/aromatic N) is 1. The second-order valence-electron chi connectivity index (χ2n) is 8.70. The third kappa shape index (κ3) is 5.72. The minimum atomic E-state index is -4.09. The average molecular weight is 597 g/mol. The van der Waals surface area contributed by atoms with Crippen molar-refractivity contribution in [3.8, 4) is 11.3 Å². The maximum Gasteiger partial charge on any atom is 0.263 e. The Labute approximate surface area is 240 Å². The van der Waals surface area contributed by atoms with E-state index in [-0.39, 0.29) is 21.3 Å². The summed E-state index contributed by atoms with van der Waals surface area (Å²) in [7, 11) is -4.09. The minimum Gasteiger partial charge on any atom is -0.322 e. The van der Waals surface area contributed by atoms with Gasteiger partial charge in [-0.2, -0.15) is 0 Å². The summed E-state index contributed by atoms with van der Waals surface area (Å²) in [6, 6.07) is 25.1. The van der Waals surface area contributed by atoms with Crippen molar-refractivity contribution in [1.82, 2.24) is 4.98 Å². The molecule has 0 aliphatic carbocycles. The highest BCUT2D eigenvalue weighted by Crippen LogP contribution is 2.32. The van der Waals surface area contributed by atoms with E-state index in [9.17, 15) is 13.2 Å². The Morgan fingerprint density at radius 3 is 2.26 bits per heavy atom. The summed E-state index contributed by atoms with van der Waals surface area (Å²) in [6.07, 6.45) is 0. The van der Waals surface area contributed by atoms with Crippen LogP contribution in [0.5, 0.6) is 0 Å². The molecule has 10 heteroatoms. The molecule has 0 atom stereocenters. The van der Waals surface area contributed by atoms with Gasteiger partial charge in [-0.3, -0.25) is 9.52 Å². The van der Waals surface area contributed by atoms with E-state index in [0.717, 1.165) is 5.56 Å². The van der Waals surface area contributed by atoms with Crippen molar-refractivity contribution >= 4 is 73.0 Å². The Balaban J connectivity index is 1.53. The summed E-state index contributed by atoms with van der Waals surface area (Å²) in [4.78, 5) is 18.3. The molecule has 2 N–H and O–H groups in total. The Bertz CT molecular complexity index is 1860. The van der Waals surface area contributed by atoms with Crippen molar-refractivity contribution in [2.24, 2.45) is 0 Å². The number of pyridine rings is 1. The number of sulfonamides is 1. The number of rotatable bonds is 6. The van der Waals surface area contributed by atoms with Crippen LogP contribution in [-0.4, -0.2) is 19.3 Å². The van der Waals surface area contributed by atoms with Gasteiger partial charge in [0, 0.05) is 26.7 Å². The Morgan fingerprint density at radius 1 is 0.795 bits per heavy atom. The minimum absolute atomic E-state index is 0.00342. The zero-order valence-electron chi connectivity index (χ0n) is 20.4. The van der Waals surface area contributed by atoms with Gasteiger partial charge in [-0.15, -0.1) is 0 Å². The molecule has 0 bridgehead atoms. The van der Waals surface area contributed by atoms with Crippen LogP contribution in [0.1, 0.15) is 15.9 Å². The van der Waals surface area contributed by atoms with Crippen molar-refractivity contribution in [1.29, 1.82) is 0 Å². The van der Waals surface area contributed by atoms with Crippen molar-refractivity contribution in [2.45, 2.75) is 11.8 Å². The van der Waals surface area contributed by atoms with Crippen molar-refractivity contribution in [2.75, 3.05) is 10.0 Å². The first-order chi connectivity index (χ1) is 18.6. The fourth-order valence-corrected chi connectivity index (χ4v) is 6.22. The molecule has 6 nitrogen and oxygen atoms in total. The van der Waals surface area contributed by atoms with Gasteiger partial charge < -0.3 is 5.32 Å². The van der Waals surface area contributed by atoms with E-state index in [4.69, 9.17) is 39.8 Å². The fraction of sp³-hybridized carbons (Fsp3) is 0.0345. The van der Waals surface area contributed by atoms with Crippen LogP contribution in [0.25, 0.3) is 22.2 Å². The number of nitrogens with one attached hydrogen (secondary N) is 2. The van der Waals surface area contributed by atoms with Crippen LogP contribution < -0.4 is 10.0 Å². The van der Waals surface area contributed by atoms with Crippen molar-refractivity contribution in [3.05, 3.63) is 117 Å². The molecule has 1 aromatic heterocycles. The lowest BCUT2D eigenvalue weighted by Crippen LogP contribution is -2.17. The van der Waals surface area contributed by atoms with Gasteiger partial charge in [0.15, 0.2) is 0 Å². The molecule has 1 heterocycles. The number of carbonyl (C=O) groups is 1. The quantitative estimate of drug-likeness (QED) is 0.207. The van der Waals surface area contributed by atoms with Gasteiger partial charge in [-0.05, 0) is 67.1 Å². The van der Waals surface area contributed by atoms with Gasteiger partial charge >= 0.3 is 0 Å². The highest BCUT2D eigenvalue weighted by Gasteiger charge is 2.22. The second kappa shape index (κ2) is 10.9. The van der Waals surface area contributed by atoms with Crippen LogP contribution in [0.4, 0.5) is 11.4 Å². The topological polar surface area (TPSA) is 88.2 Å². The molecule has 0 spiro atoms. The number of carbonyl (C=O) groups excluding carboxylic acids is 1. The van der Waals surface area contributed by atoms with Crippen LogP contribution >= 0.6 is 34.8 Å². The normalized spacial score (nSPS) is 11.4. The molecule has 5 aromatic rings. The third-order valence-corrected chi connectivity index (χ3v) is 8.35. The van der Waals surface area contributed by atoms with Gasteiger partial charge in [-0.1, -0.05) is 71.2 Å². The number of hydrogen-bond acceptors (Lipinski definition) is 4. The van der Waals surface area contributed by atoms with Crippen LogP contribution in [0.3, 0.4) is 0 Å². The fourth-order valence-electron chi connectivity index (χ4n) is 4.26. The first-order valence-corrected chi connectivity index (χ1v) is 14.3.